The van der Waals surface area contributed by atoms with Crippen LogP contribution in [0.2, 0.25) is 0 Å². The van der Waals surface area contributed by atoms with Gasteiger partial charge in [0.05, 0.1) is 11.4 Å². The average molecular weight is 476 g/mol. The van der Waals surface area contributed by atoms with E-state index in [1.165, 1.54) is 17.3 Å². The Labute approximate surface area is 196 Å². The summed E-state index contributed by atoms with van der Waals surface area (Å²) in [7, 11) is 2.16. The second kappa shape index (κ2) is 7.36. The molecule has 9 heteroatoms. The number of phenols is 1. The van der Waals surface area contributed by atoms with E-state index in [2.05, 4.69) is 24.1 Å². The van der Waals surface area contributed by atoms with E-state index in [4.69, 9.17) is 9.47 Å². The Balaban J connectivity index is 1.38. The number of phenolic OH excluding ortho intramolecular Hbond substituents is 1. The third-order valence-corrected chi connectivity index (χ3v) is 9.97. The van der Waals surface area contributed by atoms with Crippen LogP contribution in [0.5, 0.6) is 11.5 Å². The van der Waals surface area contributed by atoms with Crippen LogP contribution in [0, 0.1) is 11.8 Å². The van der Waals surface area contributed by atoms with Crippen LogP contribution in [-0.4, -0.2) is 86.0 Å². The molecule has 1 aromatic carbocycles. The molecule has 2 bridgehead atoms. The molecule has 3 heterocycles. The smallest absolute Gasteiger partial charge is 0.333 e. The number of piperidine rings is 1. The number of aliphatic hydroxyl groups excluding tert-OH is 2. The first-order valence-electron chi connectivity index (χ1n) is 11.5. The number of carbonyl (C=O) groups is 1. The average Bonchev–Trinajstić information content (AvgIpc) is 3.14. The quantitative estimate of drug-likeness (QED) is 0.477. The van der Waals surface area contributed by atoms with Crippen molar-refractivity contribution in [2.75, 3.05) is 13.6 Å². The highest BCUT2D eigenvalue weighted by atomic mass is 32.2. The number of likely N-dealkylation sites (N-methyl/N-ethyl adjacent to an activating group) is 1. The lowest BCUT2D eigenvalue weighted by molar-refractivity contribution is -0.190. The second-order valence-corrected chi connectivity index (χ2v) is 11.4. The van der Waals surface area contributed by atoms with E-state index in [1.54, 1.807) is 13.0 Å². The van der Waals surface area contributed by atoms with Crippen molar-refractivity contribution in [2.45, 2.75) is 66.3 Å². The van der Waals surface area contributed by atoms with Gasteiger partial charge in [-0.05, 0) is 38.1 Å². The predicted octanol–water partition coefficient (Wildman–Crippen LogP) is 1.11. The van der Waals surface area contributed by atoms with Gasteiger partial charge in [-0.15, -0.1) is 11.8 Å². The largest absolute Gasteiger partial charge is 0.504 e. The van der Waals surface area contributed by atoms with Gasteiger partial charge < -0.3 is 34.8 Å². The Kier molecular flexibility index (Phi) is 4.85. The van der Waals surface area contributed by atoms with E-state index in [-0.39, 0.29) is 28.4 Å². The van der Waals surface area contributed by atoms with E-state index in [9.17, 15) is 25.2 Å². The summed E-state index contributed by atoms with van der Waals surface area (Å²) in [6.07, 6.45) is 2.21. The molecule has 6 rings (SSSR count). The first-order chi connectivity index (χ1) is 15.7. The van der Waals surface area contributed by atoms with Crippen molar-refractivity contribution >= 4 is 17.7 Å². The normalized spacial score (nSPS) is 45.4. The third-order valence-electron chi connectivity index (χ3n) is 8.59. The molecule has 0 amide bonds. The van der Waals surface area contributed by atoms with Crippen LogP contribution in [0.3, 0.4) is 0 Å². The van der Waals surface area contributed by atoms with Crippen molar-refractivity contribution in [2.24, 2.45) is 11.8 Å². The maximum Gasteiger partial charge on any atom is 0.333 e. The molecule has 1 spiro atoms. The van der Waals surface area contributed by atoms with E-state index in [0.29, 0.717) is 11.8 Å². The van der Waals surface area contributed by atoms with Gasteiger partial charge in [-0.25, -0.2) is 4.79 Å². The number of likely N-dealkylation sites (tertiary alicyclic amines) is 1. The number of benzene rings is 1. The van der Waals surface area contributed by atoms with Gasteiger partial charge in [0.1, 0.15) is 17.6 Å². The first kappa shape index (κ1) is 21.7. The number of carboxylic acids is 1. The summed E-state index contributed by atoms with van der Waals surface area (Å²) in [5.41, 5.74) is 1.12. The van der Waals surface area contributed by atoms with Crippen LogP contribution in [0.15, 0.2) is 24.3 Å². The molecule has 3 aliphatic heterocycles. The summed E-state index contributed by atoms with van der Waals surface area (Å²) < 4.78 is 12.3. The zero-order valence-corrected chi connectivity index (χ0v) is 19.3. The molecule has 4 N–H and O–H groups in total. The fraction of sp³-hybridized carbons (Fsp3) is 0.625. The lowest BCUT2D eigenvalue weighted by Crippen LogP contribution is -2.64. The Morgan fingerprint density at radius 1 is 1.24 bits per heavy atom. The molecule has 178 valence electrons. The third kappa shape index (κ3) is 2.83. The van der Waals surface area contributed by atoms with Crippen LogP contribution in [0.1, 0.15) is 24.5 Å². The number of thioether (sulfide) groups is 1. The molecular formula is C24H29NO7S. The Morgan fingerprint density at radius 3 is 2.79 bits per heavy atom. The van der Waals surface area contributed by atoms with Gasteiger partial charge in [0.15, 0.2) is 17.6 Å². The number of hydrogen-bond acceptors (Lipinski definition) is 8. The molecule has 2 aliphatic carbocycles. The van der Waals surface area contributed by atoms with Gasteiger partial charge in [0.25, 0.3) is 0 Å². The zero-order valence-electron chi connectivity index (χ0n) is 18.5. The molecule has 0 saturated carbocycles. The monoisotopic (exact) mass is 475 g/mol. The number of hydrogen-bond donors (Lipinski definition) is 4. The lowest BCUT2D eigenvalue weighted by atomic mass is 9.53. The molecule has 2 fully saturated rings. The number of nitrogens with zero attached hydrogens (tertiary/aromatic N) is 1. The molecule has 3 unspecified atom stereocenters. The number of ether oxygens (including phenoxy) is 2. The van der Waals surface area contributed by atoms with Crippen LogP contribution in [-0.2, 0) is 21.4 Å². The maximum atomic E-state index is 11.7. The van der Waals surface area contributed by atoms with E-state index < -0.39 is 35.6 Å². The highest BCUT2D eigenvalue weighted by Gasteiger charge is 2.64. The molecule has 2 saturated heterocycles. The molecular weight excluding hydrogens is 446 g/mol. The summed E-state index contributed by atoms with van der Waals surface area (Å²) in [6, 6.07) is 4.05. The van der Waals surface area contributed by atoms with Gasteiger partial charge in [-0.3, -0.25) is 0 Å². The Morgan fingerprint density at radius 2 is 2.03 bits per heavy atom. The number of aromatic hydroxyl groups is 1. The molecule has 10 atom stereocenters. The van der Waals surface area contributed by atoms with Gasteiger partial charge in [-0.1, -0.05) is 25.1 Å². The van der Waals surface area contributed by atoms with Crippen molar-refractivity contribution in [3.05, 3.63) is 35.4 Å². The van der Waals surface area contributed by atoms with Crippen molar-refractivity contribution in [1.82, 2.24) is 4.90 Å². The van der Waals surface area contributed by atoms with Crippen LogP contribution in [0.4, 0.5) is 0 Å². The minimum atomic E-state index is -1.21. The standard InChI is InChI=1S/C24H29NO7S/c1-10-17(27)18(28)23(32-19(10)22(29)30)33-15-6-4-12-13-9-11-3-5-14(26)20-16(11)24(12,21(15)31-20)7-8-25(13)2/h3-6,10,12-13,15,17-19,21,23,26-28H,7-9H2,1-2H3,(H,29,30)/t10-,12?,13+,15+,17-,18+,19-,21?,23?,24-/m0/s1. The van der Waals surface area contributed by atoms with Gasteiger partial charge in [0.2, 0.25) is 0 Å². The summed E-state index contributed by atoms with van der Waals surface area (Å²) in [6.45, 7) is 2.49. The van der Waals surface area contributed by atoms with Gasteiger partial charge in [0, 0.05) is 28.9 Å². The van der Waals surface area contributed by atoms with Crippen LogP contribution < -0.4 is 4.74 Å². The van der Waals surface area contributed by atoms with Crippen LogP contribution >= 0.6 is 11.8 Å². The molecule has 1 aromatic rings. The predicted molar refractivity (Wildman–Crippen MR) is 120 cm³/mol. The van der Waals surface area contributed by atoms with E-state index in [1.807, 2.05) is 6.07 Å². The highest BCUT2D eigenvalue weighted by Crippen LogP contribution is 2.63. The summed E-state index contributed by atoms with van der Waals surface area (Å²) in [5, 5.41) is 41.2. The minimum absolute atomic E-state index is 0.140. The number of aliphatic hydroxyl groups is 2. The Hall–Kier alpha value is -1.78. The molecule has 5 aliphatic rings. The molecule has 33 heavy (non-hydrogen) atoms. The summed E-state index contributed by atoms with van der Waals surface area (Å²) in [5.74, 6) is -0.938. The van der Waals surface area contributed by atoms with Gasteiger partial charge >= 0.3 is 5.97 Å². The van der Waals surface area contributed by atoms with Crippen molar-refractivity contribution in [3.8, 4) is 11.5 Å². The summed E-state index contributed by atoms with van der Waals surface area (Å²) >= 11 is 1.30. The lowest BCUT2D eigenvalue weighted by Gasteiger charge is -2.57. The minimum Gasteiger partial charge on any atom is -0.504 e. The molecule has 8 nitrogen and oxygen atoms in total. The van der Waals surface area contributed by atoms with E-state index >= 15 is 0 Å². The van der Waals surface area contributed by atoms with Crippen molar-refractivity contribution < 1.29 is 34.7 Å². The fourth-order valence-electron chi connectivity index (χ4n) is 6.89. The molecule has 0 radical (unpaired) electrons. The number of carboxylic acid groups (broad SMARTS) is 1. The number of aliphatic carboxylic acids is 1. The SMILES string of the molecule is C[C@H]1[C@H](O)[C@@H](O)C(S[C@@H]2C=CC3[C@H]4Cc5ccc(O)c6c5[C@@]3(CCN4C)C2O6)O[C@@H]1C(=O)O. The van der Waals surface area contributed by atoms with Crippen molar-refractivity contribution in [3.63, 3.8) is 0 Å². The first-order valence-corrected chi connectivity index (χ1v) is 12.5. The number of rotatable bonds is 3. The van der Waals surface area contributed by atoms with E-state index in [0.717, 1.165) is 24.9 Å². The summed E-state index contributed by atoms with van der Waals surface area (Å²) in [4.78, 5) is 14.1. The van der Waals surface area contributed by atoms with Crippen molar-refractivity contribution in [1.29, 1.82) is 0 Å². The van der Waals surface area contributed by atoms with Gasteiger partial charge in [-0.2, -0.15) is 0 Å². The zero-order chi connectivity index (χ0) is 23.2. The molecule has 0 aromatic heterocycles. The Bertz CT molecular complexity index is 1030. The maximum absolute atomic E-state index is 11.7. The second-order valence-electron chi connectivity index (χ2n) is 10.1. The highest BCUT2D eigenvalue weighted by molar-refractivity contribution is 8.00. The topological polar surface area (TPSA) is 120 Å². The fourth-order valence-corrected chi connectivity index (χ4v) is 8.33. The van der Waals surface area contributed by atoms with Crippen LogP contribution in [0.25, 0.3) is 0 Å².